The van der Waals surface area contributed by atoms with E-state index in [0.717, 1.165) is 16.9 Å². The lowest BCUT2D eigenvalue weighted by molar-refractivity contribution is -0.116. The molecule has 0 aromatic heterocycles. The molecule has 0 saturated heterocycles. The van der Waals surface area contributed by atoms with Crippen LogP contribution in [0.3, 0.4) is 0 Å². The Kier molecular flexibility index (Phi) is 3.69. The van der Waals surface area contributed by atoms with Crippen LogP contribution in [0.1, 0.15) is 25.0 Å². The van der Waals surface area contributed by atoms with Crippen LogP contribution < -0.4 is 4.74 Å². The van der Waals surface area contributed by atoms with Gasteiger partial charge in [-0.15, -0.1) is 0 Å². The highest BCUT2D eigenvalue weighted by atomic mass is 16.5. The fourth-order valence-electron chi connectivity index (χ4n) is 1.46. The van der Waals surface area contributed by atoms with Gasteiger partial charge in [0.25, 0.3) is 0 Å². The number of rotatable bonds is 4. The first kappa shape index (κ1) is 10.8. The summed E-state index contributed by atoms with van der Waals surface area (Å²) in [6.07, 6.45) is 0.488. The third kappa shape index (κ3) is 3.21. The van der Waals surface area contributed by atoms with Crippen molar-refractivity contribution < 1.29 is 9.53 Å². The van der Waals surface area contributed by atoms with E-state index in [2.05, 4.69) is 0 Å². The van der Waals surface area contributed by atoms with Gasteiger partial charge in [0.2, 0.25) is 0 Å². The van der Waals surface area contributed by atoms with Gasteiger partial charge in [-0.25, -0.2) is 0 Å². The van der Waals surface area contributed by atoms with Crippen molar-refractivity contribution in [2.75, 3.05) is 6.61 Å². The van der Waals surface area contributed by atoms with Gasteiger partial charge < -0.3 is 4.74 Å². The van der Waals surface area contributed by atoms with Crippen molar-refractivity contribution in [1.29, 1.82) is 0 Å². The van der Waals surface area contributed by atoms with Gasteiger partial charge in [-0.1, -0.05) is 6.07 Å². The van der Waals surface area contributed by atoms with E-state index in [1.54, 1.807) is 6.92 Å². The molecule has 0 unspecified atom stereocenters. The minimum atomic E-state index is 0.179. The van der Waals surface area contributed by atoms with Crippen LogP contribution >= 0.6 is 0 Å². The van der Waals surface area contributed by atoms with Gasteiger partial charge in [0.1, 0.15) is 11.5 Å². The molecule has 1 rings (SSSR count). The maximum Gasteiger partial charge on any atom is 0.134 e. The van der Waals surface area contributed by atoms with Crippen molar-refractivity contribution in [3.63, 3.8) is 0 Å². The minimum absolute atomic E-state index is 0.179. The van der Waals surface area contributed by atoms with Gasteiger partial charge in [0.05, 0.1) is 6.61 Å². The Bertz CT molecular complexity index is 329. The molecule has 0 N–H and O–H groups in total. The molecule has 0 bridgehead atoms. The Balaban J connectivity index is 2.88. The molecule has 0 aliphatic carbocycles. The van der Waals surface area contributed by atoms with Crippen LogP contribution in [0.25, 0.3) is 0 Å². The number of ketones is 1. The molecule has 0 aliphatic rings. The summed E-state index contributed by atoms with van der Waals surface area (Å²) in [6, 6.07) is 5.93. The second-order valence-corrected chi connectivity index (χ2v) is 3.47. The number of hydrogen-bond donors (Lipinski definition) is 0. The molecule has 0 fully saturated rings. The zero-order valence-electron chi connectivity index (χ0n) is 8.96. The summed E-state index contributed by atoms with van der Waals surface area (Å²) in [6.45, 7) is 6.21. The van der Waals surface area contributed by atoms with E-state index in [-0.39, 0.29) is 5.78 Å². The van der Waals surface area contributed by atoms with Gasteiger partial charge in [-0.05, 0) is 44.0 Å². The molecule has 0 saturated carbocycles. The Morgan fingerprint density at radius 1 is 1.36 bits per heavy atom. The van der Waals surface area contributed by atoms with Crippen molar-refractivity contribution in [2.45, 2.75) is 27.2 Å². The van der Waals surface area contributed by atoms with Gasteiger partial charge in [0, 0.05) is 6.42 Å². The third-order valence-electron chi connectivity index (χ3n) is 1.87. The molecule has 76 valence electrons. The molecule has 0 heterocycles. The van der Waals surface area contributed by atoms with E-state index in [1.807, 2.05) is 32.0 Å². The van der Waals surface area contributed by atoms with E-state index in [4.69, 9.17) is 4.74 Å². The molecule has 2 heteroatoms. The van der Waals surface area contributed by atoms with E-state index in [1.165, 1.54) is 0 Å². The molecule has 1 aromatic carbocycles. The van der Waals surface area contributed by atoms with Crippen LogP contribution in [-0.4, -0.2) is 12.4 Å². The van der Waals surface area contributed by atoms with E-state index < -0.39 is 0 Å². The van der Waals surface area contributed by atoms with Crippen LogP contribution in [0.5, 0.6) is 5.75 Å². The zero-order valence-corrected chi connectivity index (χ0v) is 8.96. The quantitative estimate of drug-likeness (QED) is 0.732. The van der Waals surface area contributed by atoms with Gasteiger partial charge in [-0.2, -0.15) is 0 Å². The number of carbonyl (C=O) groups is 1. The SMILES string of the molecule is CCOc1cc(C)cc(CC(C)=O)c1. The molecule has 0 spiro atoms. The Labute approximate surface area is 84.9 Å². The smallest absolute Gasteiger partial charge is 0.134 e. The predicted molar refractivity (Wildman–Crippen MR) is 56.7 cm³/mol. The predicted octanol–water partition coefficient (Wildman–Crippen LogP) is 2.53. The average molecular weight is 192 g/mol. The first-order chi connectivity index (χ1) is 6.61. The second kappa shape index (κ2) is 4.80. The standard InChI is InChI=1S/C12H16O2/c1-4-14-12-6-9(2)5-11(8-12)7-10(3)13/h5-6,8H,4,7H2,1-3H3. The number of benzene rings is 1. The monoisotopic (exact) mass is 192 g/mol. The molecule has 0 amide bonds. The van der Waals surface area contributed by atoms with Crippen molar-refractivity contribution in [1.82, 2.24) is 0 Å². The number of hydrogen-bond acceptors (Lipinski definition) is 2. The van der Waals surface area contributed by atoms with Crippen LogP contribution in [0.2, 0.25) is 0 Å². The highest BCUT2D eigenvalue weighted by Crippen LogP contribution is 2.17. The summed E-state index contributed by atoms with van der Waals surface area (Å²) in [7, 11) is 0. The molecular formula is C12H16O2. The Morgan fingerprint density at radius 2 is 2.07 bits per heavy atom. The summed E-state index contributed by atoms with van der Waals surface area (Å²) >= 11 is 0. The number of Topliss-reactive ketones (excluding diaryl/α,β-unsaturated/α-hetero) is 1. The van der Waals surface area contributed by atoms with Gasteiger partial charge in [0.15, 0.2) is 0 Å². The van der Waals surface area contributed by atoms with Crippen molar-refractivity contribution in [3.05, 3.63) is 29.3 Å². The summed E-state index contributed by atoms with van der Waals surface area (Å²) < 4.78 is 5.40. The molecule has 2 nitrogen and oxygen atoms in total. The second-order valence-electron chi connectivity index (χ2n) is 3.47. The van der Waals surface area contributed by atoms with Crippen LogP contribution in [0.15, 0.2) is 18.2 Å². The molecule has 0 atom stereocenters. The first-order valence-electron chi connectivity index (χ1n) is 4.84. The van der Waals surface area contributed by atoms with Crippen molar-refractivity contribution in [3.8, 4) is 5.75 Å². The molecule has 1 aromatic rings. The van der Waals surface area contributed by atoms with Gasteiger partial charge >= 0.3 is 0 Å². The maximum absolute atomic E-state index is 11.0. The highest BCUT2D eigenvalue weighted by molar-refractivity contribution is 5.78. The van der Waals surface area contributed by atoms with Crippen LogP contribution in [-0.2, 0) is 11.2 Å². The lowest BCUT2D eigenvalue weighted by Crippen LogP contribution is -1.98. The number of ether oxygens (including phenoxy) is 1. The minimum Gasteiger partial charge on any atom is -0.494 e. The molecule has 0 radical (unpaired) electrons. The van der Waals surface area contributed by atoms with Gasteiger partial charge in [-0.3, -0.25) is 4.79 Å². The summed E-state index contributed by atoms with van der Waals surface area (Å²) in [5.74, 6) is 1.03. The zero-order chi connectivity index (χ0) is 10.6. The number of carbonyl (C=O) groups excluding carboxylic acids is 1. The summed E-state index contributed by atoms with van der Waals surface area (Å²) in [4.78, 5) is 11.0. The normalized spacial score (nSPS) is 9.93. The Hall–Kier alpha value is -1.31. The van der Waals surface area contributed by atoms with E-state index in [0.29, 0.717) is 13.0 Å². The van der Waals surface area contributed by atoms with E-state index >= 15 is 0 Å². The van der Waals surface area contributed by atoms with Crippen molar-refractivity contribution >= 4 is 5.78 Å². The van der Waals surface area contributed by atoms with E-state index in [9.17, 15) is 4.79 Å². The summed E-state index contributed by atoms with van der Waals surface area (Å²) in [5, 5.41) is 0. The fraction of sp³-hybridized carbons (Fsp3) is 0.417. The molecule has 0 aliphatic heterocycles. The maximum atomic E-state index is 11.0. The van der Waals surface area contributed by atoms with Crippen molar-refractivity contribution in [2.24, 2.45) is 0 Å². The summed E-state index contributed by atoms with van der Waals surface area (Å²) in [5.41, 5.74) is 2.16. The lowest BCUT2D eigenvalue weighted by Gasteiger charge is -2.06. The molecular weight excluding hydrogens is 176 g/mol. The third-order valence-corrected chi connectivity index (χ3v) is 1.87. The topological polar surface area (TPSA) is 26.3 Å². The number of aryl methyl sites for hydroxylation is 1. The average Bonchev–Trinajstić information content (AvgIpc) is 2.01. The fourth-order valence-corrected chi connectivity index (χ4v) is 1.46. The molecule has 14 heavy (non-hydrogen) atoms. The Morgan fingerprint density at radius 3 is 2.64 bits per heavy atom. The van der Waals surface area contributed by atoms with Crippen LogP contribution in [0, 0.1) is 6.92 Å². The first-order valence-corrected chi connectivity index (χ1v) is 4.84. The van der Waals surface area contributed by atoms with Crippen LogP contribution in [0.4, 0.5) is 0 Å². The lowest BCUT2D eigenvalue weighted by atomic mass is 10.1. The highest BCUT2D eigenvalue weighted by Gasteiger charge is 2.01. The largest absolute Gasteiger partial charge is 0.494 e.